The van der Waals surface area contributed by atoms with Gasteiger partial charge in [-0.1, -0.05) is 29.8 Å². The van der Waals surface area contributed by atoms with E-state index in [-0.39, 0.29) is 11.7 Å². The minimum atomic E-state index is -3.24. The Bertz CT molecular complexity index is 852. The standard InChI is InChI=1S/C16H15ClN2O3S/c17-15-8-2-1-7-14(15)16(20)18-12-5-3-6-13(11-12)19-9-4-10-23(19,21)22/h1-3,5-8,11H,4,9-10H2,(H,18,20). The summed E-state index contributed by atoms with van der Waals surface area (Å²) in [7, 11) is -3.24. The summed E-state index contributed by atoms with van der Waals surface area (Å²) in [6, 6.07) is 13.5. The van der Waals surface area contributed by atoms with E-state index >= 15 is 0 Å². The Morgan fingerprint density at radius 2 is 1.91 bits per heavy atom. The highest BCUT2D eigenvalue weighted by atomic mass is 35.5. The Labute approximate surface area is 139 Å². The van der Waals surface area contributed by atoms with Crippen molar-refractivity contribution in [3.05, 3.63) is 59.1 Å². The fourth-order valence-corrected chi connectivity index (χ4v) is 4.29. The molecule has 0 bridgehead atoms. The first-order valence-corrected chi connectivity index (χ1v) is 9.12. The monoisotopic (exact) mass is 350 g/mol. The molecule has 1 N–H and O–H groups in total. The highest BCUT2D eigenvalue weighted by molar-refractivity contribution is 7.93. The van der Waals surface area contributed by atoms with Gasteiger partial charge in [0.25, 0.3) is 5.91 Å². The van der Waals surface area contributed by atoms with Crippen LogP contribution in [0.4, 0.5) is 11.4 Å². The summed E-state index contributed by atoms with van der Waals surface area (Å²) < 4.78 is 25.3. The maximum absolute atomic E-state index is 12.3. The van der Waals surface area contributed by atoms with Crippen LogP contribution in [0, 0.1) is 0 Å². The molecule has 0 saturated carbocycles. The SMILES string of the molecule is O=C(Nc1cccc(N2CCCS2(=O)=O)c1)c1ccccc1Cl. The average Bonchev–Trinajstić information content (AvgIpc) is 2.87. The average molecular weight is 351 g/mol. The summed E-state index contributed by atoms with van der Waals surface area (Å²) in [6.07, 6.45) is 0.610. The highest BCUT2D eigenvalue weighted by Gasteiger charge is 2.28. The molecule has 1 saturated heterocycles. The van der Waals surface area contributed by atoms with Crippen molar-refractivity contribution in [2.75, 3.05) is 21.9 Å². The van der Waals surface area contributed by atoms with Gasteiger partial charge in [0.05, 0.1) is 22.0 Å². The van der Waals surface area contributed by atoms with Gasteiger partial charge >= 0.3 is 0 Å². The van der Waals surface area contributed by atoms with Gasteiger partial charge in [0.15, 0.2) is 0 Å². The minimum Gasteiger partial charge on any atom is -0.322 e. The number of hydrogen-bond acceptors (Lipinski definition) is 3. The van der Waals surface area contributed by atoms with Crippen LogP contribution in [0.15, 0.2) is 48.5 Å². The molecular weight excluding hydrogens is 336 g/mol. The molecule has 3 rings (SSSR count). The highest BCUT2D eigenvalue weighted by Crippen LogP contribution is 2.27. The van der Waals surface area contributed by atoms with Crippen LogP contribution in [0.2, 0.25) is 5.02 Å². The van der Waals surface area contributed by atoms with Crippen LogP contribution in [0.25, 0.3) is 0 Å². The molecular formula is C16H15ClN2O3S. The van der Waals surface area contributed by atoms with Gasteiger partial charge in [-0.15, -0.1) is 0 Å². The number of rotatable bonds is 3. The van der Waals surface area contributed by atoms with Crippen molar-refractivity contribution in [3.63, 3.8) is 0 Å². The number of sulfonamides is 1. The smallest absolute Gasteiger partial charge is 0.257 e. The minimum absolute atomic E-state index is 0.156. The Balaban J connectivity index is 1.84. The second kappa shape index (κ2) is 6.22. The first-order valence-electron chi connectivity index (χ1n) is 7.14. The third-order valence-electron chi connectivity index (χ3n) is 3.61. The number of nitrogens with zero attached hydrogens (tertiary/aromatic N) is 1. The van der Waals surface area contributed by atoms with Crippen LogP contribution in [0.1, 0.15) is 16.8 Å². The van der Waals surface area contributed by atoms with Crippen LogP contribution in [0.3, 0.4) is 0 Å². The molecule has 1 amide bonds. The van der Waals surface area contributed by atoms with Gasteiger partial charge in [-0.3, -0.25) is 9.10 Å². The maximum Gasteiger partial charge on any atom is 0.257 e. The number of anilines is 2. The molecule has 0 radical (unpaired) electrons. The largest absolute Gasteiger partial charge is 0.322 e. The van der Waals surface area contributed by atoms with Crippen molar-refractivity contribution in [1.29, 1.82) is 0 Å². The molecule has 1 aliphatic rings. The second-order valence-corrected chi connectivity index (χ2v) is 7.65. The number of hydrogen-bond donors (Lipinski definition) is 1. The number of nitrogens with one attached hydrogen (secondary N) is 1. The van der Waals surface area contributed by atoms with Crippen molar-refractivity contribution >= 4 is 38.9 Å². The number of carbonyl (C=O) groups is 1. The zero-order valence-corrected chi connectivity index (χ0v) is 13.8. The molecule has 1 fully saturated rings. The zero-order chi connectivity index (χ0) is 16.4. The van der Waals surface area contributed by atoms with E-state index in [0.717, 1.165) is 0 Å². The predicted octanol–water partition coefficient (Wildman–Crippen LogP) is 3.13. The summed E-state index contributed by atoms with van der Waals surface area (Å²) >= 11 is 6.01. The van der Waals surface area contributed by atoms with Gasteiger partial charge < -0.3 is 5.32 Å². The van der Waals surface area contributed by atoms with Crippen LogP contribution >= 0.6 is 11.6 Å². The summed E-state index contributed by atoms with van der Waals surface area (Å²) in [5.41, 5.74) is 1.45. The quantitative estimate of drug-likeness (QED) is 0.924. The maximum atomic E-state index is 12.3. The summed E-state index contributed by atoms with van der Waals surface area (Å²) in [4.78, 5) is 12.3. The normalized spacial score (nSPS) is 16.3. The molecule has 0 aliphatic carbocycles. The Kier molecular flexibility index (Phi) is 4.28. The van der Waals surface area contributed by atoms with E-state index in [9.17, 15) is 13.2 Å². The molecule has 5 nitrogen and oxygen atoms in total. The van der Waals surface area contributed by atoms with Crippen molar-refractivity contribution < 1.29 is 13.2 Å². The summed E-state index contributed by atoms with van der Waals surface area (Å²) in [5, 5.41) is 3.11. The van der Waals surface area contributed by atoms with Gasteiger partial charge in [-0.05, 0) is 36.8 Å². The van der Waals surface area contributed by atoms with Gasteiger partial charge in [-0.25, -0.2) is 8.42 Å². The van der Waals surface area contributed by atoms with E-state index in [2.05, 4.69) is 5.32 Å². The third kappa shape index (κ3) is 3.33. The van der Waals surface area contributed by atoms with E-state index in [1.807, 2.05) is 0 Å². The second-order valence-electron chi connectivity index (χ2n) is 5.23. The number of benzene rings is 2. The zero-order valence-electron chi connectivity index (χ0n) is 12.2. The molecule has 0 atom stereocenters. The fraction of sp³-hybridized carbons (Fsp3) is 0.188. The van der Waals surface area contributed by atoms with Gasteiger partial charge in [-0.2, -0.15) is 0 Å². The molecule has 1 aliphatic heterocycles. The lowest BCUT2D eigenvalue weighted by Crippen LogP contribution is -2.25. The van der Waals surface area contributed by atoms with Crippen LogP contribution in [-0.2, 0) is 10.0 Å². The molecule has 0 unspecified atom stereocenters. The topological polar surface area (TPSA) is 66.5 Å². The van der Waals surface area contributed by atoms with Gasteiger partial charge in [0.1, 0.15) is 0 Å². The Hall–Kier alpha value is -2.05. The number of halogens is 1. The van der Waals surface area contributed by atoms with Gasteiger partial charge in [0.2, 0.25) is 10.0 Å². The molecule has 2 aromatic rings. The van der Waals surface area contributed by atoms with Crippen molar-refractivity contribution in [2.24, 2.45) is 0 Å². The van der Waals surface area contributed by atoms with Crippen LogP contribution in [-0.4, -0.2) is 26.6 Å². The molecule has 0 spiro atoms. The lowest BCUT2D eigenvalue weighted by molar-refractivity contribution is 0.102. The molecule has 2 aromatic carbocycles. The van der Waals surface area contributed by atoms with E-state index in [4.69, 9.17) is 11.6 Å². The van der Waals surface area contributed by atoms with Crippen LogP contribution in [0.5, 0.6) is 0 Å². The van der Waals surface area contributed by atoms with E-state index in [1.165, 1.54) is 4.31 Å². The molecule has 0 aromatic heterocycles. The summed E-state index contributed by atoms with van der Waals surface area (Å²) in [6.45, 7) is 0.463. The number of amides is 1. The molecule has 120 valence electrons. The van der Waals surface area contributed by atoms with E-state index in [1.54, 1.807) is 48.5 Å². The molecule has 23 heavy (non-hydrogen) atoms. The van der Waals surface area contributed by atoms with Gasteiger partial charge in [0, 0.05) is 12.2 Å². The first kappa shape index (κ1) is 15.8. The lowest BCUT2D eigenvalue weighted by atomic mass is 10.2. The number of carbonyl (C=O) groups excluding carboxylic acids is 1. The fourth-order valence-electron chi connectivity index (χ4n) is 2.51. The van der Waals surface area contributed by atoms with Crippen molar-refractivity contribution in [2.45, 2.75) is 6.42 Å². The summed E-state index contributed by atoms with van der Waals surface area (Å²) in [5.74, 6) is -0.180. The van der Waals surface area contributed by atoms with E-state index < -0.39 is 10.0 Å². The molecule has 7 heteroatoms. The van der Waals surface area contributed by atoms with Crippen LogP contribution < -0.4 is 9.62 Å². The lowest BCUT2D eigenvalue weighted by Gasteiger charge is -2.17. The first-order chi connectivity index (χ1) is 11.0. The van der Waals surface area contributed by atoms with Crippen molar-refractivity contribution in [1.82, 2.24) is 0 Å². The Morgan fingerprint density at radius 1 is 1.13 bits per heavy atom. The third-order valence-corrected chi connectivity index (χ3v) is 5.81. The molecule has 1 heterocycles. The van der Waals surface area contributed by atoms with Crippen molar-refractivity contribution in [3.8, 4) is 0 Å². The predicted molar refractivity (Wildman–Crippen MR) is 91.6 cm³/mol. The Morgan fingerprint density at radius 3 is 2.61 bits per heavy atom. The van der Waals surface area contributed by atoms with E-state index in [0.29, 0.717) is 34.9 Å².